The van der Waals surface area contributed by atoms with Crippen LogP contribution in [0, 0.1) is 0 Å². The van der Waals surface area contributed by atoms with Crippen molar-refractivity contribution in [1.82, 2.24) is 4.57 Å². The molecular weight excluding hydrogens is 420 g/mol. The largest absolute Gasteiger partial charge is 0.397 e. The molecule has 160 valence electrons. The van der Waals surface area contributed by atoms with Gasteiger partial charge in [-0.1, -0.05) is 72.8 Å². The van der Waals surface area contributed by atoms with Crippen molar-refractivity contribution in [3.05, 3.63) is 95.3 Å². The number of benzene rings is 3. The lowest BCUT2D eigenvalue weighted by atomic mass is 9.97. The molecule has 0 saturated heterocycles. The molecule has 0 bridgehead atoms. The van der Waals surface area contributed by atoms with Crippen LogP contribution in [-0.4, -0.2) is 4.57 Å². The van der Waals surface area contributed by atoms with Crippen LogP contribution in [0.15, 0.2) is 72.8 Å². The third kappa shape index (κ3) is 2.72. The van der Waals surface area contributed by atoms with E-state index in [1.807, 2.05) is 11.3 Å². The summed E-state index contributed by atoms with van der Waals surface area (Å²) in [7, 11) is 0. The van der Waals surface area contributed by atoms with E-state index in [2.05, 4.69) is 89.5 Å². The van der Waals surface area contributed by atoms with Gasteiger partial charge in [0, 0.05) is 53.8 Å². The molecule has 2 aliphatic rings. The Labute approximate surface area is 197 Å². The molecule has 7 rings (SSSR count). The number of aromatic nitrogens is 1. The molecule has 2 nitrogen and oxygen atoms in total. The van der Waals surface area contributed by atoms with E-state index in [1.54, 1.807) is 0 Å². The number of anilines is 1. The van der Waals surface area contributed by atoms with Crippen LogP contribution in [0.3, 0.4) is 0 Å². The SMILES string of the molecule is Nc1cccc(-c2cccc3c2sc2ccccc23)c1-n1c2c(c3c1CCC=C3)C=CCC2. The molecule has 0 atom stereocenters. The summed E-state index contributed by atoms with van der Waals surface area (Å²) in [5.74, 6) is 0. The second kappa shape index (κ2) is 7.23. The van der Waals surface area contributed by atoms with E-state index < -0.39 is 0 Å². The highest BCUT2D eigenvalue weighted by atomic mass is 32.1. The summed E-state index contributed by atoms with van der Waals surface area (Å²) in [6.07, 6.45) is 13.5. The van der Waals surface area contributed by atoms with Crippen molar-refractivity contribution in [2.45, 2.75) is 25.7 Å². The van der Waals surface area contributed by atoms with E-state index in [9.17, 15) is 0 Å². The lowest BCUT2D eigenvalue weighted by Crippen LogP contribution is -2.11. The number of thiophene rings is 1. The van der Waals surface area contributed by atoms with Crippen molar-refractivity contribution < 1.29 is 0 Å². The molecule has 0 aliphatic heterocycles. The maximum Gasteiger partial charge on any atom is 0.0765 e. The van der Waals surface area contributed by atoms with Gasteiger partial charge in [0.2, 0.25) is 0 Å². The average Bonchev–Trinajstić information content (AvgIpc) is 3.40. The summed E-state index contributed by atoms with van der Waals surface area (Å²) in [6.45, 7) is 0. The van der Waals surface area contributed by atoms with Crippen LogP contribution in [0.2, 0.25) is 0 Å². The van der Waals surface area contributed by atoms with Crippen molar-refractivity contribution in [3.8, 4) is 16.8 Å². The average molecular weight is 445 g/mol. The lowest BCUT2D eigenvalue weighted by Gasteiger charge is -2.21. The second-order valence-electron chi connectivity index (χ2n) is 8.96. The zero-order chi connectivity index (χ0) is 21.9. The van der Waals surface area contributed by atoms with Crippen LogP contribution < -0.4 is 5.73 Å². The Hall–Kier alpha value is -3.56. The number of fused-ring (bicyclic) bond motifs is 6. The molecule has 0 amide bonds. The summed E-state index contributed by atoms with van der Waals surface area (Å²) in [6, 6.07) is 21.8. The Bertz CT molecular complexity index is 1590. The number of hydrogen-bond acceptors (Lipinski definition) is 2. The van der Waals surface area contributed by atoms with E-state index >= 15 is 0 Å². The molecule has 2 aliphatic carbocycles. The quantitative estimate of drug-likeness (QED) is 0.275. The lowest BCUT2D eigenvalue weighted by molar-refractivity contribution is 0.815. The molecule has 0 saturated carbocycles. The minimum absolute atomic E-state index is 0.843. The highest BCUT2D eigenvalue weighted by Gasteiger charge is 2.26. The Morgan fingerprint density at radius 3 is 2.15 bits per heavy atom. The molecule has 0 unspecified atom stereocenters. The van der Waals surface area contributed by atoms with Crippen molar-refractivity contribution >= 4 is 49.3 Å². The van der Waals surface area contributed by atoms with Crippen LogP contribution in [0.25, 0.3) is 49.1 Å². The van der Waals surface area contributed by atoms with Crippen molar-refractivity contribution in [3.63, 3.8) is 0 Å². The summed E-state index contributed by atoms with van der Waals surface area (Å²) in [4.78, 5) is 0. The standard InChI is InChI=1S/C30H24N2S/c31-25-15-8-12-22(24-14-7-13-23-21-11-3-6-18-28(21)33-30(23)24)29(25)32-26-16-4-1-9-19(26)20-10-2-5-17-27(20)32/h1-3,6-15,18H,4-5,16-17,31H2. The first-order valence-electron chi connectivity index (χ1n) is 11.7. The van der Waals surface area contributed by atoms with E-state index in [0.717, 1.165) is 37.1 Å². The van der Waals surface area contributed by atoms with Gasteiger partial charge in [0.1, 0.15) is 0 Å². The van der Waals surface area contributed by atoms with E-state index in [4.69, 9.17) is 5.73 Å². The molecule has 2 aromatic heterocycles. The summed E-state index contributed by atoms with van der Waals surface area (Å²) in [5, 5.41) is 2.65. The zero-order valence-electron chi connectivity index (χ0n) is 18.3. The van der Waals surface area contributed by atoms with E-state index in [1.165, 1.54) is 53.8 Å². The number of nitrogens with zero attached hydrogens (tertiary/aromatic N) is 1. The van der Waals surface area contributed by atoms with Crippen LogP contribution in [0.5, 0.6) is 0 Å². The fourth-order valence-corrected chi connectivity index (χ4v) is 6.91. The Morgan fingerprint density at radius 1 is 0.697 bits per heavy atom. The van der Waals surface area contributed by atoms with Gasteiger partial charge in [-0.15, -0.1) is 11.3 Å². The molecule has 2 N–H and O–H groups in total. The Kier molecular flexibility index (Phi) is 4.15. The van der Waals surface area contributed by atoms with Crippen LogP contribution >= 0.6 is 11.3 Å². The molecule has 2 heterocycles. The molecule has 5 aromatic rings. The summed E-state index contributed by atoms with van der Waals surface area (Å²) in [5.41, 5.74) is 16.8. The van der Waals surface area contributed by atoms with Crippen LogP contribution in [-0.2, 0) is 12.8 Å². The predicted octanol–water partition coefficient (Wildman–Crippen LogP) is 8.01. The van der Waals surface area contributed by atoms with Gasteiger partial charge >= 0.3 is 0 Å². The third-order valence-electron chi connectivity index (χ3n) is 7.10. The molecule has 3 aromatic carbocycles. The summed E-state index contributed by atoms with van der Waals surface area (Å²) >= 11 is 1.88. The first kappa shape index (κ1) is 19.0. The smallest absolute Gasteiger partial charge is 0.0765 e. The van der Waals surface area contributed by atoms with Crippen molar-refractivity contribution in [2.75, 3.05) is 5.73 Å². The number of nitrogens with two attached hydrogens (primary N) is 1. The van der Waals surface area contributed by atoms with Gasteiger partial charge in [-0.05, 0) is 37.8 Å². The molecule has 0 radical (unpaired) electrons. The van der Waals surface area contributed by atoms with Gasteiger partial charge in [0.05, 0.1) is 11.4 Å². The van der Waals surface area contributed by atoms with Crippen molar-refractivity contribution in [1.29, 1.82) is 0 Å². The second-order valence-corrected chi connectivity index (χ2v) is 10.0. The Morgan fingerprint density at radius 2 is 1.36 bits per heavy atom. The molecule has 3 heteroatoms. The van der Waals surface area contributed by atoms with E-state index in [-0.39, 0.29) is 0 Å². The van der Waals surface area contributed by atoms with Crippen molar-refractivity contribution in [2.24, 2.45) is 0 Å². The van der Waals surface area contributed by atoms with Gasteiger partial charge in [0.15, 0.2) is 0 Å². The molecule has 0 spiro atoms. The highest BCUT2D eigenvalue weighted by Crippen LogP contribution is 2.44. The minimum atomic E-state index is 0.843. The van der Waals surface area contributed by atoms with Gasteiger partial charge in [-0.2, -0.15) is 0 Å². The Balaban J connectivity index is 1.57. The van der Waals surface area contributed by atoms with Crippen LogP contribution in [0.1, 0.15) is 35.4 Å². The molecule has 33 heavy (non-hydrogen) atoms. The zero-order valence-corrected chi connectivity index (χ0v) is 19.2. The fraction of sp³-hybridized carbons (Fsp3) is 0.133. The highest BCUT2D eigenvalue weighted by molar-refractivity contribution is 7.26. The molecular formula is C30H24N2S. The van der Waals surface area contributed by atoms with E-state index in [0.29, 0.717) is 0 Å². The summed E-state index contributed by atoms with van der Waals surface area (Å²) < 4.78 is 5.17. The number of rotatable bonds is 2. The minimum Gasteiger partial charge on any atom is -0.397 e. The first-order valence-corrected chi connectivity index (χ1v) is 12.5. The van der Waals surface area contributed by atoms with Gasteiger partial charge < -0.3 is 10.3 Å². The molecule has 0 fully saturated rings. The topological polar surface area (TPSA) is 30.9 Å². The first-order chi connectivity index (χ1) is 16.3. The fourth-order valence-electron chi connectivity index (χ4n) is 5.68. The normalized spacial score (nSPS) is 14.7. The van der Waals surface area contributed by atoms with Crippen LogP contribution in [0.4, 0.5) is 5.69 Å². The monoisotopic (exact) mass is 444 g/mol. The van der Waals surface area contributed by atoms with Gasteiger partial charge in [-0.25, -0.2) is 0 Å². The number of para-hydroxylation sites is 1. The maximum absolute atomic E-state index is 6.78. The number of nitrogen functional groups attached to an aromatic ring is 1. The third-order valence-corrected chi connectivity index (χ3v) is 8.32. The van der Waals surface area contributed by atoms with Gasteiger partial charge in [0.25, 0.3) is 0 Å². The number of hydrogen-bond donors (Lipinski definition) is 1. The predicted molar refractivity (Wildman–Crippen MR) is 143 cm³/mol. The maximum atomic E-state index is 6.78. The van der Waals surface area contributed by atoms with Gasteiger partial charge in [-0.3, -0.25) is 0 Å². The number of allylic oxidation sites excluding steroid dienone is 2.